The van der Waals surface area contributed by atoms with Gasteiger partial charge in [-0.3, -0.25) is 0 Å². The van der Waals surface area contributed by atoms with Crippen LogP contribution in [-0.4, -0.2) is 27.5 Å². The van der Waals surface area contributed by atoms with Gasteiger partial charge in [0.05, 0.1) is 0 Å². The van der Waals surface area contributed by atoms with E-state index in [1.165, 1.54) is 12.8 Å². The van der Waals surface area contributed by atoms with Crippen molar-refractivity contribution >= 4 is 29.2 Å². The minimum Gasteiger partial charge on any atom is -0.338 e. The molecule has 1 fully saturated rings. The lowest BCUT2D eigenvalue weighted by Gasteiger charge is -2.21. The lowest BCUT2D eigenvalue weighted by Crippen LogP contribution is -2.28. The minimum atomic E-state index is 0.164. The van der Waals surface area contributed by atoms with Gasteiger partial charge in [0.1, 0.15) is 0 Å². The van der Waals surface area contributed by atoms with E-state index in [0.29, 0.717) is 12.0 Å². The van der Waals surface area contributed by atoms with Crippen molar-refractivity contribution in [2.45, 2.75) is 38.6 Å². The fourth-order valence-electron chi connectivity index (χ4n) is 1.61. The summed E-state index contributed by atoms with van der Waals surface area (Å²) in [5.74, 6) is 0.612. The maximum Gasteiger partial charge on any atom is 0.231 e. The van der Waals surface area contributed by atoms with E-state index in [1.54, 1.807) is 0 Å². The highest BCUT2D eigenvalue weighted by molar-refractivity contribution is 6.31. The summed E-state index contributed by atoms with van der Waals surface area (Å²) in [5, 5.41) is 0.328. The van der Waals surface area contributed by atoms with Crippen LogP contribution in [0.4, 0.5) is 5.95 Å². The smallest absolute Gasteiger partial charge is 0.231 e. The molecule has 0 radical (unpaired) electrons. The molecule has 2 rings (SSSR count). The van der Waals surface area contributed by atoms with Gasteiger partial charge in [0.2, 0.25) is 16.5 Å². The summed E-state index contributed by atoms with van der Waals surface area (Å²) in [4.78, 5) is 14.2. The van der Waals surface area contributed by atoms with Crippen LogP contribution >= 0.6 is 23.2 Å². The average Bonchev–Trinajstić information content (AvgIpc) is 3.01. The zero-order chi connectivity index (χ0) is 11.5. The number of halogens is 2. The molecule has 0 aromatic carbocycles. The van der Waals surface area contributed by atoms with E-state index in [2.05, 4.69) is 26.8 Å². The second-order valence-corrected chi connectivity index (χ2v) is 4.63. The van der Waals surface area contributed by atoms with Gasteiger partial charge in [-0.25, -0.2) is 0 Å². The van der Waals surface area contributed by atoms with E-state index < -0.39 is 0 Å². The standard InChI is InChI=1S/C10H14Cl2N4/c1-2-3-6-16(7-4-5-7)10-14-8(11)13-9(12)15-10/h7H,2-6H2,1H3. The van der Waals surface area contributed by atoms with Crippen molar-refractivity contribution in [1.82, 2.24) is 15.0 Å². The molecule has 0 saturated heterocycles. The zero-order valence-corrected chi connectivity index (χ0v) is 10.7. The van der Waals surface area contributed by atoms with E-state index >= 15 is 0 Å². The number of hydrogen-bond donors (Lipinski definition) is 0. The van der Waals surface area contributed by atoms with Gasteiger partial charge >= 0.3 is 0 Å². The van der Waals surface area contributed by atoms with Crippen molar-refractivity contribution in [3.63, 3.8) is 0 Å². The van der Waals surface area contributed by atoms with Crippen LogP contribution in [0.1, 0.15) is 32.6 Å². The first kappa shape index (κ1) is 11.9. The van der Waals surface area contributed by atoms with Gasteiger partial charge in [-0.2, -0.15) is 15.0 Å². The second-order valence-electron chi connectivity index (χ2n) is 3.95. The molecule has 0 spiro atoms. The van der Waals surface area contributed by atoms with Crippen molar-refractivity contribution in [2.24, 2.45) is 0 Å². The maximum absolute atomic E-state index is 5.78. The Hall–Kier alpha value is -0.610. The Morgan fingerprint density at radius 3 is 2.31 bits per heavy atom. The Bertz CT molecular complexity index is 348. The van der Waals surface area contributed by atoms with Gasteiger partial charge in [0.25, 0.3) is 0 Å². The quantitative estimate of drug-likeness (QED) is 0.817. The van der Waals surface area contributed by atoms with Crippen LogP contribution in [-0.2, 0) is 0 Å². The largest absolute Gasteiger partial charge is 0.338 e. The van der Waals surface area contributed by atoms with Crippen molar-refractivity contribution < 1.29 is 0 Å². The second kappa shape index (κ2) is 5.15. The summed E-state index contributed by atoms with van der Waals surface area (Å²) < 4.78 is 0. The van der Waals surface area contributed by atoms with Crippen LogP contribution in [0.2, 0.25) is 10.6 Å². The summed E-state index contributed by atoms with van der Waals surface area (Å²) in [6, 6.07) is 0.557. The predicted octanol–water partition coefficient (Wildman–Crippen LogP) is 2.95. The molecule has 1 aliphatic carbocycles. The highest BCUT2D eigenvalue weighted by Crippen LogP contribution is 2.30. The molecule has 1 heterocycles. The molecule has 1 saturated carbocycles. The summed E-state index contributed by atoms with van der Waals surface area (Å²) in [6.07, 6.45) is 4.67. The zero-order valence-electron chi connectivity index (χ0n) is 9.16. The predicted molar refractivity (Wildman–Crippen MR) is 65.1 cm³/mol. The highest BCUT2D eigenvalue weighted by atomic mass is 35.5. The van der Waals surface area contributed by atoms with Gasteiger partial charge in [-0.05, 0) is 42.5 Å². The van der Waals surface area contributed by atoms with Crippen LogP contribution in [0, 0.1) is 0 Å². The van der Waals surface area contributed by atoms with Crippen LogP contribution < -0.4 is 4.90 Å². The van der Waals surface area contributed by atoms with Crippen LogP contribution in [0.3, 0.4) is 0 Å². The number of nitrogens with zero attached hydrogens (tertiary/aromatic N) is 4. The first-order valence-electron chi connectivity index (χ1n) is 5.54. The fourth-order valence-corrected chi connectivity index (χ4v) is 1.96. The van der Waals surface area contributed by atoms with Gasteiger partial charge in [-0.1, -0.05) is 13.3 Å². The lowest BCUT2D eigenvalue weighted by molar-refractivity contribution is 0.691. The maximum atomic E-state index is 5.78. The third kappa shape index (κ3) is 2.95. The molecule has 0 atom stereocenters. The summed E-state index contributed by atoms with van der Waals surface area (Å²) in [7, 11) is 0. The van der Waals surface area contributed by atoms with Gasteiger partial charge in [0, 0.05) is 12.6 Å². The average molecular weight is 261 g/mol. The Morgan fingerprint density at radius 2 is 1.81 bits per heavy atom. The van der Waals surface area contributed by atoms with E-state index in [0.717, 1.165) is 19.4 Å². The molecule has 1 aromatic rings. The monoisotopic (exact) mass is 260 g/mol. The topological polar surface area (TPSA) is 41.9 Å². The molecule has 0 N–H and O–H groups in total. The molecule has 16 heavy (non-hydrogen) atoms. The Labute approximate surface area is 105 Å². The Kier molecular flexibility index (Phi) is 3.82. The van der Waals surface area contributed by atoms with Crippen molar-refractivity contribution in [2.75, 3.05) is 11.4 Å². The van der Waals surface area contributed by atoms with Gasteiger partial charge in [-0.15, -0.1) is 0 Å². The van der Waals surface area contributed by atoms with Crippen LogP contribution in [0.15, 0.2) is 0 Å². The van der Waals surface area contributed by atoms with Crippen molar-refractivity contribution in [3.8, 4) is 0 Å². The third-order valence-electron chi connectivity index (χ3n) is 2.57. The SMILES string of the molecule is CCCCN(c1nc(Cl)nc(Cl)n1)C1CC1. The molecule has 0 aliphatic heterocycles. The van der Waals surface area contributed by atoms with E-state index in [4.69, 9.17) is 23.2 Å². The van der Waals surface area contributed by atoms with Crippen molar-refractivity contribution in [3.05, 3.63) is 10.6 Å². The summed E-state index contributed by atoms with van der Waals surface area (Å²) >= 11 is 11.6. The van der Waals surface area contributed by atoms with Crippen LogP contribution in [0.5, 0.6) is 0 Å². The first-order valence-corrected chi connectivity index (χ1v) is 6.30. The molecule has 0 unspecified atom stereocenters. The number of anilines is 1. The number of hydrogen-bond acceptors (Lipinski definition) is 4. The van der Waals surface area contributed by atoms with E-state index in [9.17, 15) is 0 Å². The third-order valence-corrected chi connectivity index (χ3v) is 2.90. The highest BCUT2D eigenvalue weighted by Gasteiger charge is 2.30. The molecule has 1 aromatic heterocycles. The molecular formula is C10H14Cl2N4. The number of aromatic nitrogens is 3. The van der Waals surface area contributed by atoms with Crippen molar-refractivity contribution in [1.29, 1.82) is 0 Å². The lowest BCUT2D eigenvalue weighted by atomic mass is 10.3. The number of unbranched alkanes of at least 4 members (excludes halogenated alkanes) is 1. The minimum absolute atomic E-state index is 0.164. The number of rotatable bonds is 5. The van der Waals surface area contributed by atoms with Crippen LogP contribution in [0.25, 0.3) is 0 Å². The molecule has 0 bridgehead atoms. The summed E-state index contributed by atoms with van der Waals surface area (Å²) in [6.45, 7) is 3.12. The summed E-state index contributed by atoms with van der Waals surface area (Å²) in [5.41, 5.74) is 0. The van der Waals surface area contributed by atoms with Gasteiger partial charge in [0.15, 0.2) is 0 Å². The first-order chi connectivity index (χ1) is 7.70. The van der Waals surface area contributed by atoms with E-state index in [-0.39, 0.29) is 10.6 Å². The normalized spacial score (nSPS) is 15.2. The molecule has 0 amide bonds. The molecule has 1 aliphatic rings. The molecule has 88 valence electrons. The van der Waals surface area contributed by atoms with Gasteiger partial charge < -0.3 is 4.90 Å². The molecule has 6 heteroatoms. The molecule has 4 nitrogen and oxygen atoms in total. The molecular weight excluding hydrogens is 247 g/mol. The Morgan fingerprint density at radius 1 is 1.19 bits per heavy atom. The Balaban J connectivity index is 2.16. The fraction of sp³-hybridized carbons (Fsp3) is 0.700. The van der Waals surface area contributed by atoms with E-state index in [1.807, 2.05) is 0 Å².